The van der Waals surface area contributed by atoms with Gasteiger partial charge in [0.2, 0.25) is 0 Å². The normalized spacial score (nSPS) is 22.1. The molecule has 1 fully saturated rings. The van der Waals surface area contributed by atoms with Crippen molar-refractivity contribution in [3.05, 3.63) is 0 Å². The summed E-state index contributed by atoms with van der Waals surface area (Å²) in [6, 6.07) is 0. The van der Waals surface area contributed by atoms with Gasteiger partial charge >= 0.3 is 0 Å². The zero-order chi connectivity index (χ0) is 7.78. The lowest BCUT2D eigenvalue weighted by atomic mass is 10.1. The van der Waals surface area contributed by atoms with Gasteiger partial charge in [-0.2, -0.15) is 0 Å². The highest BCUT2D eigenvalue weighted by Crippen LogP contribution is 2.17. The maximum Gasteiger partial charge on any atom is 0.148 e. The second-order valence-corrected chi connectivity index (χ2v) is 3.88. The Labute approximate surface area is 62.2 Å². The fourth-order valence-corrected chi connectivity index (χ4v) is 1.20. The van der Waals surface area contributed by atoms with Gasteiger partial charge in [-0.15, -0.1) is 0 Å². The van der Waals surface area contributed by atoms with E-state index in [1.54, 1.807) is 0 Å². The average molecular weight is 141 g/mol. The fraction of sp³-hybridized carbons (Fsp3) is 0.875. The summed E-state index contributed by atoms with van der Waals surface area (Å²) < 4.78 is 0. The number of rotatable bonds is 0. The summed E-state index contributed by atoms with van der Waals surface area (Å²) in [6.45, 7) is 8.04. The minimum Gasteiger partial charge on any atom is -0.298 e. The van der Waals surface area contributed by atoms with E-state index in [1.165, 1.54) is 0 Å². The molecule has 2 nitrogen and oxygen atoms in total. The molecule has 0 atom stereocenters. The second-order valence-electron chi connectivity index (χ2n) is 3.88. The first-order valence-corrected chi connectivity index (χ1v) is 3.77. The smallest absolute Gasteiger partial charge is 0.148 e. The minimum atomic E-state index is 0.173. The van der Waals surface area contributed by atoms with Gasteiger partial charge in [0.1, 0.15) is 5.78 Å². The van der Waals surface area contributed by atoms with Crippen LogP contribution in [0.4, 0.5) is 0 Å². The molecule has 10 heavy (non-hydrogen) atoms. The molecule has 0 bridgehead atoms. The van der Waals surface area contributed by atoms with Gasteiger partial charge in [-0.3, -0.25) is 9.69 Å². The molecule has 0 aromatic heterocycles. The second kappa shape index (κ2) is 2.35. The number of hydrogen-bond acceptors (Lipinski definition) is 2. The zero-order valence-corrected chi connectivity index (χ0v) is 6.98. The Hall–Kier alpha value is -0.370. The number of Topliss-reactive ketones (excluding diaryl/α,β-unsaturated/α-hetero) is 1. The molecule has 0 spiro atoms. The summed E-state index contributed by atoms with van der Waals surface area (Å²) >= 11 is 0. The molecule has 0 aromatic carbocycles. The van der Waals surface area contributed by atoms with Gasteiger partial charge in [-0.25, -0.2) is 0 Å². The van der Waals surface area contributed by atoms with E-state index >= 15 is 0 Å². The Kier molecular flexibility index (Phi) is 1.82. The maximum absolute atomic E-state index is 10.9. The highest BCUT2D eigenvalue weighted by Gasteiger charge is 2.28. The van der Waals surface area contributed by atoms with Gasteiger partial charge in [0.15, 0.2) is 0 Å². The van der Waals surface area contributed by atoms with Crippen LogP contribution in [0.1, 0.15) is 27.2 Å². The third-order valence-corrected chi connectivity index (χ3v) is 1.98. The van der Waals surface area contributed by atoms with E-state index < -0.39 is 0 Å². The summed E-state index contributed by atoms with van der Waals surface area (Å²) in [6.07, 6.45) is 0.747. The summed E-state index contributed by atoms with van der Waals surface area (Å²) in [5.41, 5.74) is 0.173. The molecule has 2 heteroatoms. The Morgan fingerprint density at radius 1 is 1.40 bits per heavy atom. The molecule has 1 heterocycles. The van der Waals surface area contributed by atoms with Gasteiger partial charge in [-0.1, -0.05) is 0 Å². The number of ketones is 1. The number of nitrogens with zero attached hydrogens (tertiary/aromatic N) is 1. The highest BCUT2D eigenvalue weighted by atomic mass is 16.1. The highest BCUT2D eigenvalue weighted by molar-refractivity contribution is 5.82. The molecular weight excluding hydrogens is 126 g/mol. The molecular formula is C8H15NO. The van der Waals surface area contributed by atoms with E-state index in [1.807, 2.05) is 0 Å². The number of hydrogen-bond donors (Lipinski definition) is 0. The quantitative estimate of drug-likeness (QED) is 0.502. The predicted octanol–water partition coefficient (Wildman–Crippen LogP) is 1.06. The van der Waals surface area contributed by atoms with E-state index in [2.05, 4.69) is 25.7 Å². The molecule has 0 saturated carbocycles. The standard InChI is InChI=1S/C8H15NO/c1-8(2,3)9-5-4-7(10)6-9/h4-6H2,1-3H3. The summed E-state index contributed by atoms with van der Waals surface area (Å²) in [4.78, 5) is 13.1. The SMILES string of the molecule is CC(C)(C)N1CCC(=O)C1. The number of likely N-dealkylation sites (tertiary alicyclic amines) is 1. The van der Waals surface area contributed by atoms with Gasteiger partial charge in [0.25, 0.3) is 0 Å². The Bertz CT molecular complexity index is 146. The van der Waals surface area contributed by atoms with Crippen molar-refractivity contribution < 1.29 is 4.79 Å². The molecule has 0 aliphatic carbocycles. The van der Waals surface area contributed by atoms with Crippen molar-refractivity contribution in [2.75, 3.05) is 13.1 Å². The lowest BCUT2D eigenvalue weighted by molar-refractivity contribution is -0.117. The van der Waals surface area contributed by atoms with Crippen molar-refractivity contribution in [1.82, 2.24) is 4.90 Å². The van der Waals surface area contributed by atoms with Crippen LogP contribution in [0.25, 0.3) is 0 Å². The van der Waals surface area contributed by atoms with Crippen LogP contribution < -0.4 is 0 Å². The number of carbonyl (C=O) groups excluding carboxylic acids is 1. The van der Waals surface area contributed by atoms with E-state index in [0.29, 0.717) is 12.3 Å². The van der Waals surface area contributed by atoms with Crippen molar-refractivity contribution in [2.24, 2.45) is 0 Å². The van der Waals surface area contributed by atoms with Crippen LogP contribution in [0.2, 0.25) is 0 Å². The summed E-state index contributed by atoms with van der Waals surface area (Å²) in [5.74, 6) is 0.384. The minimum absolute atomic E-state index is 0.173. The molecule has 0 N–H and O–H groups in total. The molecule has 1 aliphatic heterocycles. The van der Waals surface area contributed by atoms with Crippen molar-refractivity contribution in [2.45, 2.75) is 32.7 Å². The monoisotopic (exact) mass is 141 g/mol. The lowest BCUT2D eigenvalue weighted by Gasteiger charge is -2.30. The summed E-state index contributed by atoms with van der Waals surface area (Å²) in [7, 11) is 0. The van der Waals surface area contributed by atoms with Crippen LogP contribution >= 0.6 is 0 Å². The Morgan fingerprint density at radius 2 is 2.00 bits per heavy atom. The third-order valence-electron chi connectivity index (χ3n) is 1.98. The summed E-state index contributed by atoms with van der Waals surface area (Å²) in [5, 5.41) is 0. The Morgan fingerprint density at radius 3 is 2.20 bits per heavy atom. The fourth-order valence-electron chi connectivity index (χ4n) is 1.20. The lowest BCUT2D eigenvalue weighted by Crippen LogP contribution is -2.39. The third kappa shape index (κ3) is 1.57. The maximum atomic E-state index is 10.9. The van der Waals surface area contributed by atoms with Crippen LogP contribution in [0.3, 0.4) is 0 Å². The molecule has 0 unspecified atom stereocenters. The molecule has 0 aromatic rings. The van der Waals surface area contributed by atoms with Crippen molar-refractivity contribution in [3.63, 3.8) is 0 Å². The van der Waals surface area contributed by atoms with Crippen molar-refractivity contribution >= 4 is 5.78 Å². The van der Waals surface area contributed by atoms with Gasteiger partial charge < -0.3 is 0 Å². The van der Waals surface area contributed by atoms with Gasteiger partial charge in [0, 0.05) is 18.5 Å². The van der Waals surface area contributed by atoms with Crippen LogP contribution in [-0.4, -0.2) is 29.3 Å². The number of carbonyl (C=O) groups is 1. The molecule has 1 rings (SSSR count). The van der Waals surface area contributed by atoms with Crippen molar-refractivity contribution in [1.29, 1.82) is 0 Å². The topological polar surface area (TPSA) is 20.3 Å². The van der Waals surface area contributed by atoms with Crippen molar-refractivity contribution in [3.8, 4) is 0 Å². The molecule has 1 aliphatic rings. The molecule has 0 radical (unpaired) electrons. The molecule has 0 amide bonds. The van der Waals surface area contributed by atoms with E-state index in [4.69, 9.17) is 0 Å². The zero-order valence-electron chi connectivity index (χ0n) is 6.98. The van der Waals surface area contributed by atoms with Crippen LogP contribution in [-0.2, 0) is 4.79 Å². The molecule has 1 saturated heterocycles. The van der Waals surface area contributed by atoms with Gasteiger partial charge in [0.05, 0.1) is 6.54 Å². The van der Waals surface area contributed by atoms with Gasteiger partial charge in [-0.05, 0) is 20.8 Å². The largest absolute Gasteiger partial charge is 0.298 e. The van der Waals surface area contributed by atoms with E-state index in [-0.39, 0.29) is 5.54 Å². The Balaban J connectivity index is 2.53. The predicted molar refractivity (Wildman–Crippen MR) is 41.0 cm³/mol. The first-order chi connectivity index (χ1) is 4.50. The first-order valence-electron chi connectivity index (χ1n) is 3.77. The molecule has 58 valence electrons. The van der Waals surface area contributed by atoms with Crippen LogP contribution in [0, 0.1) is 0 Å². The van der Waals surface area contributed by atoms with Crippen LogP contribution in [0.15, 0.2) is 0 Å². The average Bonchev–Trinajstić information content (AvgIpc) is 2.11. The first kappa shape index (κ1) is 7.73. The van der Waals surface area contributed by atoms with E-state index in [9.17, 15) is 4.79 Å². The van der Waals surface area contributed by atoms with E-state index in [0.717, 1.165) is 13.0 Å². The van der Waals surface area contributed by atoms with Crippen LogP contribution in [0.5, 0.6) is 0 Å².